The highest BCUT2D eigenvalue weighted by Crippen LogP contribution is 2.31. The maximum Gasteiger partial charge on any atom is 0.238 e. The molecular formula is C15H20FN3O. The molecule has 0 bridgehead atoms. The van der Waals surface area contributed by atoms with Crippen LogP contribution in [0.15, 0.2) is 24.3 Å². The molecule has 0 aromatic heterocycles. The lowest BCUT2D eigenvalue weighted by molar-refractivity contribution is -0.117. The number of hydrogen-bond acceptors (Lipinski definition) is 3. The lowest BCUT2D eigenvalue weighted by Crippen LogP contribution is -2.38. The van der Waals surface area contributed by atoms with E-state index >= 15 is 0 Å². The van der Waals surface area contributed by atoms with Crippen LogP contribution in [-0.4, -0.2) is 43.0 Å². The number of nitrogens with zero attached hydrogens (tertiary/aromatic N) is 1. The van der Waals surface area contributed by atoms with Gasteiger partial charge in [-0.15, -0.1) is 0 Å². The van der Waals surface area contributed by atoms with Gasteiger partial charge in [-0.2, -0.15) is 0 Å². The fraction of sp³-hybridized carbons (Fsp3) is 0.533. The SMILES string of the molecule is CC1C2CNCC2CN1CC(=O)Nc1ccc(F)cc1. The van der Waals surface area contributed by atoms with Crippen molar-refractivity contribution in [2.24, 2.45) is 11.8 Å². The zero-order valence-electron chi connectivity index (χ0n) is 11.6. The van der Waals surface area contributed by atoms with Gasteiger partial charge in [0.2, 0.25) is 5.91 Å². The largest absolute Gasteiger partial charge is 0.325 e. The van der Waals surface area contributed by atoms with Crippen molar-refractivity contribution in [3.05, 3.63) is 30.1 Å². The predicted molar refractivity (Wildman–Crippen MR) is 75.9 cm³/mol. The average molecular weight is 277 g/mol. The Morgan fingerprint density at radius 2 is 2.15 bits per heavy atom. The number of hydrogen-bond donors (Lipinski definition) is 2. The third-order valence-electron chi connectivity index (χ3n) is 4.53. The second kappa shape index (κ2) is 5.50. The number of amides is 1. The summed E-state index contributed by atoms with van der Waals surface area (Å²) in [6.07, 6.45) is 0. The lowest BCUT2D eigenvalue weighted by atomic mass is 9.95. The summed E-state index contributed by atoms with van der Waals surface area (Å²) < 4.78 is 12.8. The van der Waals surface area contributed by atoms with Crippen molar-refractivity contribution in [3.63, 3.8) is 0 Å². The molecule has 2 heterocycles. The number of carbonyl (C=O) groups is 1. The maximum atomic E-state index is 12.8. The van der Waals surface area contributed by atoms with E-state index in [0.717, 1.165) is 19.6 Å². The van der Waals surface area contributed by atoms with Crippen molar-refractivity contribution in [2.75, 3.05) is 31.5 Å². The van der Waals surface area contributed by atoms with Gasteiger partial charge >= 0.3 is 0 Å². The lowest BCUT2D eigenvalue weighted by Gasteiger charge is -2.23. The smallest absolute Gasteiger partial charge is 0.238 e. The van der Waals surface area contributed by atoms with Gasteiger partial charge in [-0.05, 0) is 56.1 Å². The maximum absolute atomic E-state index is 12.8. The summed E-state index contributed by atoms with van der Waals surface area (Å²) in [7, 11) is 0. The molecule has 0 saturated carbocycles. The molecule has 2 aliphatic rings. The predicted octanol–water partition coefficient (Wildman–Crippen LogP) is 1.30. The van der Waals surface area contributed by atoms with Gasteiger partial charge in [0.25, 0.3) is 0 Å². The monoisotopic (exact) mass is 277 g/mol. The highest BCUT2D eigenvalue weighted by molar-refractivity contribution is 5.92. The molecule has 108 valence electrons. The van der Waals surface area contributed by atoms with Crippen LogP contribution in [0.25, 0.3) is 0 Å². The van der Waals surface area contributed by atoms with E-state index in [-0.39, 0.29) is 11.7 Å². The van der Waals surface area contributed by atoms with E-state index in [1.165, 1.54) is 12.1 Å². The van der Waals surface area contributed by atoms with Gasteiger partial charge in [0.1, 0.15) is 5.82 Å². The summed E-state index contributed by atoms with van der Waals surface area (Å²) in [4.78, 5) is 14.3. The zero-order chi connectivity index (χ0) is 14.1. The number of anilines is 1. The standard InChI is InChI=1S/C15H20FN3O/c1-10-14-7-17-6-11(14)8-19(10)9-15(20)18-13-4-2-12(16)3-5-13/h2-5,10-11,14,17H,6-9H2,1H3,(H,18,20). The normalized spacial score (nSPS) is 29.4. The molecule has 1 aromatic carbocycles. The van der Waals surface area contributed by atoms with Gasteiger partial charge in [-0.1, -0.05) is 0 Å². The van der Waals surface area contributed by atoms with E-state index in [4.69, 9.17) is 0 Å². The van der Waals surface area contributed by atoms with E-state index in [2.05, 4.69) is 22.5 Å². The number of benzene rings is 1. The fourth-order valence-electron chi connectivity index (χ4n) is 3.38. The van der Waals surface area contributed by atoms with Crippen LogP contribution in [-0.2, 0) is 4.79 Å². The van der Waals surface area contributed by atoms with Crippen LogP contribution in [0, 0.1) is 17.7 Å². The molecule has 3 rings (SSSR count). The van der Waals surface area contributed by atoms with E-state index in [1.807, 2.05) is 0 Å². The number of fused-ring (bicyclic) bond motifs is 1. The number of nitrogens with one attached hydrogen (secondary N) is 2. The Kier molecular flexibility index (Phi) is 3.72. The minimum absolute atomic E-state index is 0.0311. The third kappa shape index (κ3) is 2.69. The van der Waals surface area contributed by atoms with Gasteiger partial charge in [-0.3, -0.25) is 9.69 Å². The summed E-state index contributed by atoms with van der Waals surface area (Å²) >= 11 is 0. The Morgan fingerprint density at radius 1 is 1.40 bits per heavy atom. The topological polar surface area (TPSA) is 44.4 Å². The van der Waals surface area contributed by atoms with Gasteiger partial charge in [0.15, 0.2) is 0 Å². The summed E-state index contributed by atoms with van der Waals surface area (Å²) in [6.45, 7) is 5.71. The Morgan fingerprint density at radius 3 is 2.85 bits per heavy atom. The summed E-state index contributed by atoms with van der Waals surface area (Å²) in [5.74, 6) is 1.00. The molecule has 4 nitrogen and oxygen atoms in total. The molecule has 5 heteroatoms. The molecule has 0 spiro atoms. The number of halogens is 1. The zero-order valence-corrected chi connectivity index (χ0v) is 11.6. The van der Waals surface area contributed by atoms with Crippen LogP contribution in [0.5, 0.6) is 0 Å². The number of likely N-dealkylation sites (tertiary alicyclic amines) is 1. The van der Waals surface area contributed by atoms with E-state index in [1.54, 1.807) is 12.1 Å². The minimum atomic E-state index is -0.295. The van der Waals surface area contributed by atoms with Crippen LogP contribution < -0.4 is 10.6 Å². The van der Waals surface area contributed by atoms with Gasteiger partial charge in [0.05, 0.1) is 6.54 Å². The first kappa shape index (κ1) is 13.5. The number of rotatable bonds is 3. The second-order valence-electron chi connectivity index (χ2n) is 5.81. The van der Waals surface area contributed by atoms with Gasteiger partial charge in [-0.25, -0.2) is 4.39 Å². The first-order valence-corrected chi connectivity index (χ1v) is 7.13. The van der Waals surface area contributed by atoms with Gasteiger partial charge in [0, 0.05) is 18.3 Å². The van der Waals surface area contributed by atoms with Gasteiger partial charge < -0.3 is 10.6 Å². The van der Waals surface area contributed by atoms with Crippen LogP contribution in [0.1, 0.15) is 6.92 Å². The molecule has 3 atom stereocenters. The molecule has 0 aliphatic carbocycles. The fourth-order valence-corrected chi connectivity index (χ4v) is 3.38. The Hall–Kier alpha value is -1.46. The molecular weight excluding hydrogens is 257 g/mol. The van der Waals surface area contributed by atoms with Crippen molar-refractivity contribution in [1.29, 1.82) is 0 Å². The van der Waals surface area contributed by atoms with Crippen LogP contribution in [0.4, 0.5) is 10.1 Å². The average Bonchev–Trinajstić information content (AvgIpc) is 2.97. The third-order valence-corrected chi connectivity index (χ3v) is 4.53. The molecule has 3 unspecified atom stereocenters. The van der Waals surface area contributed by atoms with Crippen molar-refractivity contribution < 1.29 is 9.18 Å². The summed E-state index contributed by atoms with van der Waals surface area (Å²) in [5.41, 5.74) is 0.644. The molecule has 1 amide bonds. The Balaban J connectivity index is 1.55. The Bertz CT molecular complexity index is 490. The van der Waals surface area contributed by atoms with E-state index in [9.17, 15) is 9.18 Å². The van der Waals surface area contributed by atoms with Crippen LogP contribution >= 0.6 is 0 Å². The van der Waals surface area contributed by atoms with Crippen molar-refractivity contribution in [1.82, 2.24) is 10.2 Å². The molecule has 20 heavy (non-hydrogen) atoms. The molecule has 2 aliphatic heterocycles. The highest BCUT2D eigenvalue weighted by Gasteiger charge is 2.41. The highest BCUT2D eigenvalue weighted by atomic mass is 19.1. The van der Waals surface area contributed by atoms with Crippen LogP contribution in [0.3, 0.4) is 0 Å². The molecule has 2 fully saturated rings. The summed E-state index contributed by atoms with van der Waals surface area (Å²) in [5, 5.41) is 6.23. The first-order chi connectivity index (χ1) is 9.63. The second-order valence-corrected chi connectivity index (χ2v) is 5.81. The van der Waals surface area contributed by atoms with Crippen molar-refractivity contribution in [3.8, 4) is 0 Å². The minimum Gasteiger partial charge on any atom is -0.325 e. The molecule has 1 aromatic rings. The molecule has 0 radical (unpaired) electrons. The first-order valence-electron chi connectivity index (χ1n) is 7.13. The van der Waals surface area contributed by atoms with E-state index in [0.29, 0.717) is 30.1 Å². The van der Waals surface area contributed by atoms with E-state index < -0.39 is 0 Å². The molecule has 2 saturated heterocycles. The molecule has 2 N–H and O–H groups in total. The number of carbonyl (C=O) groups excluding carboxylic acids is 1. The Labute approximate surface area is 118 Å². The summed E-state index contributed by atoms with van der Waals surface area (Å²) in [6, 6.07) is 6.31. The van der Waals surface area contributed by atoms with Crippen molar-refractivity contribution in [2.45, 2.75) is 13.0 Å². The van der Waals surface area contributed by atoms with Crippen LogP contribution in [0.2, 0.25) is 0 Å². The quantitative estimate of drug-likeness (QED) is 0.875. The van der Waals surface area contributed by atoms with Crippen molar-refractivity contribution >= 4 is 11.6 Å².